The molecule has 1 saturated heterocycles. The molecule has 1 aromatic heterocycles. The molecule has 0 bridgehead atoms. The van der Waals surface area contributed by atoms with Crippen molar-refractivity contribution in [1.82, 2.24) is 15.2 Å². The first-order chi connectivity index (χ1) is 7.64. The molecule has 1 aromatic rings. The van der Waals surface area contributed by atoms with Gasteiger partial charge in [-0.2, -0.15) is 0 Å². The molecule has 1 N–H and O–H groups in total. The number of hydrogen-bond donors (Lipinski definition) is 1. The molecule has 1 aliphatic rings. The zero-order valence-corrected chi connectivity index (χ0v) is 10.4. The quantitative estimate of drug-likeness (QED) is 0.838. The second-order valence-corrected chi connectivity index (χ2v) is 5.06. The van der Waals surface area contributed by atoms with E-state index < -0.39 is 0 Å². The molecule has 3 heteroatoms. The molecule has 0 saturated carbocycles. The lowest BCUT2D eigenvalue weighted by molar-refractivity contribution is 0.146. The number of aromatic nitrogens is 1. The molecule has 1 aliphatic heterocycles. The highest BCUT2D eigenvalue weighted by Crippen LogP contribution is 2.30. The average Bonchev–Trinajstić information content (AvgIpc) is 2.56. The third kappa shape index (κ3) is 2.11. The molecule has 1 fully saturated rings. The van der Waals surface area contributed by atoms with Crippen LogP contribution in [0.15, 0.2) is 24.5 Å². The SMILES string of the molecule is CNC1CCN(Cc2ccncc2)C1(C)C. The number of pyridine rings is 1. The Balaban J connectivity index is 2.07. The minimum Gasteiger partial charge on any atom is -0.315 e. The van der Waals surface area contributed by atoms with Gasteiger partial charge >= 0.3 is 0 Å². The van der Waals surface area contributed by atoms with Crippen molar-refractivity contribution < 1.29 is 0 Å². The van der Waals surface area contributed by atoms with E-state index in [1.165, 1.54) is 18.5 Å². The first-order valence-electron chi connectivity index (χ1n) is 5.96. The average molecular weight is 219 g/mol. The van der Waals surface area contributed by atoms with E-state index in [1.54, 1.807) is 0 Å². The zero-order chi connectivity index (χ0) is 11.6. The van der Waals surface area contributed by atoms with Gasteiger partial charge in [0.15, 0.2) is 0 Å². The summed E-state index contributed by atoms with van der Waals surface area (Å²) < 4.78 is 0. The lowest BCUT2D eigenvalue weighted by Crippen LogP contribution is -2.49. The fourth-order valence-electron chi connectivity index (χ4n) is 2.64. The Morgan fingerprint density at radius 2 is 2.12 bits per heavy atom. The largest absolute Gasteiger partial charge is 0.315 e. The number of likely N-dealkylation sites (tertiary alicyclic amines) is 1. The molecule has 3 nitrogen and oxygen atoms in total. The summed E-state index contributed by atoms with van der Waals surface area (Å²) in [6, 6.07) is 4.79. The first kappa shape index (κ1) is 11.6. The van der Waals surface area contributed by atoms with Crippen molar-refractivity contribution in [2.24, 2.45) is 0 Å². The highest BCUT2D eigenvalue weighted by molar-refractivity contribution is 5.12. The monoisotopic (exact) mass is 219 g/mol. The minimum atomic E-state index is 0.234. The Morgan fingerprint density at radius 3 is 2.69 bits per heavy atom. The molecule has 1 unspecified atom stereocenters. The molecule has 0 spiro atoms. The maximum atomic E-state index is 4.06. The predicted octanol–water partition coefficient (Wildman–Crippen LogP) is 1.65. The molecule has 0 aliphatic carbocycles. The van der Waals surface area contributed by atoms with Gasteiger partial charge in [0.2, 0.25) is 0 Å². The molecule has 1 atom stereocenters. The summed E-state index contributed by atoms with van der Waals surface area (Å²) in [7, 11) is 2.06. The Morgan fingerprint density at radius 1 is 1.44 bits per heavy atom. The molecular formula is C13H21N3. The van der Waals surface area contributed by atoms with Gasteiger partial charge < -0.3 is 5.32 Å². The van der Waals surface area contributed by atoms with E-state index in [0.29, 0.717) is 6.04 Å². The van der Waals surface area contributed by atoms with E-state index in [2.05, 4.69) is 48.2 Å². The van der Waals surface area contributed by atoms with E-state index in [0.717, 1.165) is 6.54 Å². The van der Waals surface area contributed by atoms with Crippen LogP contribution in [-0.4, -0.2) is 35.1 Å². The van der Waals surface area contributed by atoms with Crippen LogP contribution in [0.2, 0.25) is 0 Å². The lowest BCUT2D eigenvalue weighted by Gasteiger charge is -2.36. The predicted molar refractivity (Wildman–Crippen MR) is 66.2 cm³/mol. The Hall–Kier alpha value is -0.930. The van der Waals surface area contributed by atoms with Crippen LogP contribution < -0.4 is 5.32 Å². The van der Waals surface area contributed by atoms with Gasteiger partial charge in [-0.15, -0.1) is 0 Å². The van der Waals surface area contributed by atoms with Crippen LogP contribution in [0.3, 0.4) is 0 Å². The number of nitrogens with one attached hydrogen (secondary N) is 1. The van der Waals surface area contributed by atoms with Gasteiger partial charge in [0, 0.05) is 37.1 Å². The summed E-state index contributed by atoms with van der Waals surface area (Å²) in [6.07, 6.45) is 4.97. The van der Waals surface area contributed by atoms with Crippen molar-refractivity contribution in [3.63, 3.8) is 0 Å². The van der Waals surface area contributed by atoms with Crippen molar-refractivity contribution in [3.05, 3.63) is 30.1 Å². The smallest absolute Gasteiger partial charge is 0.0310 e. The van der Waals surface area contributed by atoms with Gasteiger partial charge in [-0.05, 0) is 45.0 Å². The summed E-state index contributed by atoms with van der Waals surface area (Å²) in [6.45, 7) is 6.83. The number of likely N-dealkylation sites (N-methyl/N-ethyl adjacent to an activating group) is 1. The molecule has 0 aromatic carbocycles. The highest BCUT2D eigenvalue weighted by atomic mass is 15.2. The van der Waals surface area contributed by atoms with Gasteiger partial charge in [-0.3, -0.25) is 9.88 Å². The molecule has 16 heavy (non-hydrogen) atoms. The van der Waals surface area contributed by atoms with Crippen LogP contribution in [0.1, 0.15) is 25.8 Å². The lowest BCUT2D eigenvalue weighted by atomic mass is 9.95. The first-order valence-corrected chi connectivity index (χ1v) is 5.96. The van der Waals surface area contributed by atoms with E-state index in [4.69, 9.17) is 0 Å². The molecule has 0 radical (unpaired) electrons. The molecule has 88 valence electrons. The van der Waals surface area contributed by atoms with Gasteiger partial charge in [0.25, 0.3) is 0 Å². The summed E-state index contributed by atoms with van der Waals surface area (Å²) >= 11 is 0. The Bertz CT molecular complexity index is 334. The standard InChI is InChI=1S/C13H21N3/c1-13(2)12(14-3)6-9-16(13)10-11-4-7-15-8-5-11/h4-5,7-8,12,14H,6,9-10H2,1-3H3. The summed E-state index contributed by atoms with van der Waals surface area (Å²) in [5.41, 5.74) is 1.58. The summed E-state index contributed by atoms with van der Waals surface area (Å²) in [4.78, 5) is 6.60. The van der Waals surface area contributed by atoms with E-state index in [1.807, 2.05) is 12.4 Å². The van der Waals surface area contributed by atoms with Crippen LogP contribution >= 0.6 is 0 Å². The summed E-state index contributed by atoms with van der Waals surface area (Å²) in [5.74, 6) is 0. The van der Waals surface area contributed by atoms with Gasteiger partial charge in [-0.25, -0.2) is 0 Å². The van der Waals surface area contributed by atoms with Crippen molar-refractivity contribution in [2.75, 3.05) is 13.6 Å². The molecule has 0 amide bonds. The maximum absolute atomic E-state index is 4.06. The second kappa shape index (κ2) is 4.52. The van der Waals surface area contributed by atoms with E-state index >= 15 is 0 Å². The van der Waals surface area contributed by atoms with Crippen LogP contribution in [0, 0.1) is 0 Å². The van der Waals surface area contributed by atoms with Crippen LogP contribution in [0.25, 0.3) is 0 Å². The van der Waals surface area contributed by atoms with Gasteiger partial charge in [0.1, 0.15) is 0 Å². The second-order valence-electron chi connectivity index (χ2n) is 5.06. The fraction of sp³-hybridized carbons (Fsp3) is 0.615. The van der Waals surface area contributed by atoms with E-state index in [-0.39, 0.29) is 5.54 Å². The summed E-state index contributed by atoms with van der Waals surface area (Å²) in [5, 5.41) is 3.42. The van der Waals surface area contributed by atoms with Crippen molar-refractivity contribution >= 4 is 0 Å². The maximum Gasteiger partial charge on any atom is 0.0310 e. The topological polar surface area (TPSA) is 28.2 Å². The molecular weight excluding hydrogens is 198 g/mol. The number of nitrogens with zero attached hydrogens (tertiary/aromatic N) is 2. The van der Waals surface area contributed by atoms with Crippen LogP contribution in [-0.2, 0) is 6.54 Å². The minimum absolute atomic E-state index is 0.234. The van der Waals surface area contributed by atoms with Gasteiger partial charge in [0.05, 0.1) is 0 Å². The van der Waals surface area contributed by atoms with Crippen LogP contribution in [0.4, 0.5) is 0 Å². The van der Waals surface area contributed by atoms with Crippen molar-refractivity contribution in [3.8, 4) is 0 Å². The fourth-order valence-corrected chi connectivity index (χ4v) is 2.64. The number of hydrogen-bond acceptors (Lipinski definition) is 3. The normalized spacial score (nSPS) is 24.8. The van der Waals surface area contributed by atoms with Crippen LogP contribution in [0.5, 0.6) is 0 Å². The van der Waals surface area contributed by atoms with Gasteiger partial charge in [-0.1, -0.05) is 0 Å². The highest BCUT2D eigenvalue weighted by Gasteiger charge is 2.39. The third-order valence-electron chi connectivity index (χ3n) is 3.83. The Kier molecular flexibility index (Phi) is 3.26. The van der Waals surface area contributed by atoms with Crippen molar-refractivity contribution in [2.45, 2.75) is 38.4 Å². The third-order valence-corrected chi connectivity index (χ3v) is 3.83. The van der Waals surface area contributed by atoms with Crippen molar-refractivity contribution in [1.29, 1.82) is 0 Å². The number of rotatable bonds is 3. The van der Waals surface area contributed by atoms with E-state index in [9.17, 15) is 0 Å². The molecule has 2 rings (SSSR count). The molecule has 2 heterocycles. The zero-order valence-electron chi connectivity index (χ0n) is 10.4. The Labute approximate surface area is 97.9 Å².